The summed E-state index contributed by atoms with van der Waals surface area (Å²) in [4.78, 5) is 11.0. The summed E-state index contributed by atoms with van der Waals surface area (Å²) in [5, 5.41) is 9.15. The number of carbonyl (C=O) groups is 1. The molecule has 1 N–H and O–H groups in total. The summed E-state index contributed by atoms with van der Waals surface area (Å²) in [6.07, 6.45) is 34.0. The van der Waals surface area contributed by atoms with Crippen molar-refractivity contribution in [3.05, 3.63) is 12.2 Å². The zero-order chi connectivity index (χ0) is 23.5. The molecule has 0 bridgehead atoms. The average molecular weight is 453 g/mol. The minimum absolute atomic E-state index is 0.0679. The molecule has 0 aromatic carbocycles. The number of ether oxygens (including phenoxy) is 1. The van der Waals surface area contributed by atoms with E-state index in [-0.39, 0.29) is 12.1 Å². The standard InChI is InChI=1S/C29H56O3/c1-28(30)26-24-22-20-18-16-14-12-10-8-6-4-3-5-7-9-11-13-15-17-19-21-23-25-27-29(31)32-2/h24,26,28,30H,3-23,25,27H2,1-2H3/b26-24+. The van der Waals surface area contributed by atoms with Crippen LogP contribution in [0.25, 0.3) is 0 Å². The topological polar surface area (TPSA) is 46.5 Å². The Hall–Kier alpha value is -0.830. The largest absolute Gasteiger partial charge is 0.469 e. The van der Waals surface area contributed by atoms with Crippen LogP contribution in [0.1, 0.15) is 155 Å². The van der Waals surface area contributed by atoms with Gasteiger partial charge in [0.15, 0.2) is 0 Å². The van der Waals surface area contributed by atoms with Gasteiger partial charge in [-0.15, -0.1) is 0 Å². The fourth-order valence-corrected chi connectivity index (χ4v) is 4.29. The Kier molecular flexibility index (Phi) is 25.7. The van der Waals surface area contributed by atoms with Gasteiger partial charge in [0, 0.05) is 6.42 Å². The molecule has 3 heteroatoms. The Balaban J connectivity index is 3.06. The van der Waals surface area contributed by atoms with Crippen LogP contribution in [0.3, 0.4) is 0 Å². The van der Waals surface area contributed by atoms with Crippen molar-refractivity contribution in [2.24, 2.45) is 0 Å². The highest BCUT2D eigenvalue weighted by atomic mass is 16.5. The van der Waals surface area contributed by atoms with Gasteiger partial charge in [-0.05, 0) is 26.2 Å². The van der Waals surface area contributed by atoms with Gasteiger partial charge in [0.2, 0.25) is 0 Å². The van der Waals surface area contributed by atoms with Gasteiger partial charge in [-0.25, -0.2) is 0 Å². The van der Waals surface area contributed by atoms with E-state index in [0.29, 0.717) is 6.42 Å². The second kappa shape index (κ2) is 26.4. The third kappa shape index (κ3) is 27.2. The van der Waals surface area contributed by atoms with Crippen molar-refractivity contribution in [2.75, 3.05) is 7.11 Å². The van der Waals surface area contributed by atoms with E-state index in [4.69, 9.17) is 5.11 Å². The first-order valence-corrected chi connectivity index (χ1v) is 14.1. The van der Waals surface area contributed by atoms with Gasteiger partial charge in [-0.1, -0.05) is 134 Å². The predicted molar refractivity (Wildman–Crippen MR) is 139 cm³/mol. The number of methoxy groups -OCH3 is 1. The molecule has 1 unspecified atom stereocenters. The first kappa shape index (κ1) is 31.2. The number of unbranched alkanes of at least 4 members (excludes halogenated alkanes) is 21. The summed E-state index contributed by atoms with van der Waals surface area (Å²) in [6, 6.07) is 0. The molecular formula is C29H56O3. The number of esters is 1. The van der Waals surface area contributed by atoms with Gasteiger partial charge in [-0.3, -0.25) is 4.79 Å². The highest BCUT2D eigenvalue weighted by molar-refractivity contribution is 5.68. The zero-order valence-corrected chi connectivity index (χ0v) is 21.8. The normalized spacial score (nSPS) is 12.5. The molecule has 0 aromatic heterocycles. The van der Waals surface area contributed by atoms with Gasteiger partial charge in [0.25, 0.3) is 0 Å². The van der Waals surface area contributed by atoms with E-state index in [1.54, 1.807) is 0 Å². The van der Waals surface area contributed by atoms with Gasteiger partial charge < -0.3 is 9.84 Å². The van der Waals surface area contributed by atoms with Crippen LogP contribution in [0, 0.1) is 0 Å². The molecule has 0 rings (SSSR count). The molecule has 3 nitrogen and oxygen atoms in total. The van der Waals surface area contributed by atoms with Crippen LogP contribution < -0.4 is 0 Å². The molecular weight excluding hydrogens is 396 g/mol. The summed E-state index contributed by atoms with van der Waals surface area (Å²) in [5.74, 6) is -0.0679. The number of allylic oxidation sites excluding steroid dienone is 1. The summed E-state index contributed by atoms with van der Waals surface area (Å²) < 4.78 is 4.66. The molecule has 32 heavy (non-hydrogen) atoms. The highest BCUT2D eigenvalue weighted by Gasteiger charge is 1.99. The molecule has 190 valence electrons. The maximum absolute atomic E-state index is 11.0. The Bertz CT molecular complexity index is 403. The molecule has 0 radical (unpaired) electrons. The van der Waals surface area contributed by atoms with E-state index in [1.807, 2.05) is 13.0 Å². The van der Waals surface area contributed by atoms with Crippen LogP contribution in [-0.2, 0) is 9.53 Å². The summed E-state index contributed by atoms with van der Waals surface area (Å²) in [7, 11) is 1.47. The van der Waals surface area contributed by atoms with Crippen molar-refractivity contribution < 1.29 is 14.6 Å². The monoisotopic (exact) mass is 452 g/mol. The fourth-order valence-electron chi connectivity index (χ4n) is 4.29. The SMILES string of the molecule is COC(=O)CCCCCCCCCCCCCCCCCCCCCCC/C=C/C(C)O. The van der Waals surface area contributed by atoms with E-state index in [1.165, 1.54) is 136 Å². The Morgan fingerprint density at radius 1 is 0.625 bits per heavy atom. The van der Waals surface area contributed by atoms with Gasteiger partial charge >= 0.3 is 5.97 Å². The van der Waals surface area contributed by atoms with E-state index >= 15 is 0 Å². The van der Waals surface area contributed by atoms with Crippen LogP contribution in [0.5, 0.6) is 0 Å². The van der Waals surface area contributed by atoms with E-state index in [0.717, 1.165) is 12.8 Å². The summed E-state index contributed by atoms with van der Waals surface area (Å²) >= 11 is 0. The Morgan fingerprint density at radius 3 is 1.25 bits per heavy atom. The maximum Gasteiger partial charge on any atom is 0.305 e. The molecule has 0 aliphatic rings. The number of hydrogen-bond donors (Lipinski definition) is 1. The Morgan fingerprint density at radius 2 is 0.938 bits per heavy atom. The quantitative estimate of drug-likeness (QED) is 0.0853. The Labute approximate surface area is 200 Å². The zero-order valence-electron chi connectivity index (χ0n) is 21.8. The average Bonchev–Trinajstić information content (AvgIpc) is 2.78. The molecule has 0 fully saturated rings. The summed E-state index contributed by atoms with van der Waals surface area (Å²) in [5.41, 5.74) is 0. The van der Waals surface area contributed by atoms with Crippen molar-refractivity contribution in [2.45, 2.75) is 161 Å². The molecule has 0 saturated carbocycles. The molecule has 0 heterocycles. The van der Waals surface area contributed by atoms with Crippen LogP contribution in [0.15, 0.2) is 12.2 Å². The lowest BCUT2D eigenvalue weighted by Crippen LogP contribution is -1.99. The second-order valence-electron chi connectivity index (χ2n) is 9.71. The van der Waals surface area contributed by atoms with Crippen LogP contribution >= 0.6 is 0 Å². The fraction of sp³-hybridized carbons (Fsp3) is 0.897. The smallest absolute Gasteiger partial charge is 0.305 e. The number of aliphatic hydroxyl groups excluding tert-OH is 1. The van der Waals surface area contributed by atoms with Crippen LogP contribution in [0.2, 0.25) is 0 Å². The van der Waals surface area contributed by atoms with Gasteiger partial charge in [0.1, 0.15) is 0 Å². The van der Waals surface area contributed by atoms with Crippen molar-refractivity contribution >= 4 is 5.97 Å². The molecule has 0 aliphatic carbocycles. The third-order valence-corrected chi connectivity index (χ3v) is 6.39. The molecule has 0 amide bonds. The molecule has 0 aromatic rings. The molecule has 0 aliphatic heterocycles. The van der Waals surface area contributed by atoms with Gasteiger partial charge in [-0.2, -0.15) is 0 Å². The van der Waals surface area contributed by atoms with Crippen LogP contribution in [0.4, 0.5) is 0 Å². The maximum atomic E-state index is 11.0. The van der Waals surface area contributed by atoms with Crippen molar-refractivity contribution in [1.29, 1.82) is 0 Å². The van der Waals surface area contributed by atoms with Crippen LogP contribution in [-0.4, -0.2) is 24.3 Å². The summed E-state index contributed by atoms with van der Waals surface area (Å²) in [6.45, 7) is 1.81. The van der Waals surface area contributed by atoms with Crippen molar-refractivity contribution in [3.8, 4) is 0 Å². The number of rotatable bonds is 25. The number of hydrogen-bond acceptors (Lipinski definition) is 3. The lowest BCUT2D eigenvalue weighted by Gasteiger charge is -2.04. The van der Waals surface area contributed by atoms with E-state index in [9.17, 15) is 4.79 Å². The second-order valence-corrected chi connectivity index (χ2v) is 9.71. The minimum atomic E-state index is -0.293. The van der Waals surface area contributed by atoms with Crippen molar-refractivity contribution in [3.63, 3.8) is 0 Å². The first-order chi connectivity index (χ1) is 15.7. The predicted octanol–water partition coefficient (Wildman–Crippen LogP) is 9.07. The third-order valence-electron chi connectivity index (χ3n) is 6.39. The van der Waals surface area contributed by atoms with E-state index < -0.39 is 0 Å². The minimum Gasteiger partial charge on any atom is -0.469 e. The molecule has 0 spiro atoms. The molecule has 0 saturated heterocycles. The lowest BCUT2D eigenvalue weighted by molar-refractivity contribution is -0.140. The molecule has 1 atom stereocenters. The van der Waals surface area contributed by atoms with Gasteiger partial charge in [0.05, 0.1) is 13.2 Å². The lowest BCUT2D eigenvalue weighted by atomic mass is 10.0. The first-order valence-electron chi connectivity index (χ1n) is 14.1. The van der Waals surface area contributed by atoms with Crippen molar-refractivity contribution in [1.82, 2.24) is 0 Å². The van der Waals surface area contributed by atoms with E-state index in [2.05, 4.69) is 10.8 Å². The number of carbonyl (C=O) groups excluding carboxylic acids is 1. The number of aliphatic hydroxyl groups is 1. The highest BCUT2D eigenvalue weighted by Crippen LogP contribution is 2.15.